The Balaban J connectivity index is 1.35. The van der Waals surface area contributed by atoms with Gasteiger partial charge in [-0.3, -0.25) is 9.11 Å². The number of hydrogen-bond donors (Lipinski definition) is 7. The van der Waals surface area contributed by atoms with Gasteiger partial charge in [0.05, 0.1) is 34.1 Å². The second kappa shape index (κ2) is 14.1. The maximum Gasteiger partial charge on any atom is 0.297 e. The van der Waals surface area contributed by atoms with Crippen molar-refractivity contribution in [1.82, 2.24) is 0 Å². The first kappa shape index (κ1) is 36.5. The summed E-state index contributed by atoms with van der Waals surface area (Å²) in [6.45, 7) is 0. The van der Waals surface area contributed by atoms with Gasteiger partial charge >= 0.3 is 0 Å². The number of rotatable bonds is 9. The predicted molar refractivity (Wildman–Crippen MR) is 210 cm³/mol. The highest BCUT2D eigenvalue weighted by Crippen LogP contribution is 2.45. The van der Waals surface area contributed by atoms with Crippen molar-refractivity contribution < 1.29 is 25.9 Å². The summed E-state index contributed by atoms with van der Waals surface area (Å²) in [4.78, 5) is -0.278. The van der Waals surface area contributed by atoms with E-state index in [-0.39, 0.29) is 50.6 Å². The molecule has 0 saturated heterocycles. The van der Waals surface area contributed by atoms with Gasteiger partial charge in [-0.05, 0) is 47.2 Å². The van der Waals surface area contributed by atoms with Gasteiger partial charge in [0.15, 0.2) is 0 Å². The molecule has 0 spiro atoms. The molecule has 0 aliphatic rings. The molecule has 10 N–H and O–H groups in total. The van der Waals surface area contributed by atoms with Crippen LogP contribution in [0.1, 0.15) is 5.56 Å². The summed E-state index contributed by atoms with van der Waals surface area (Å²) in [5.41, 5.74) is 27.6. The van der Waals surface area contributed by atoms with Gasteiger partial charge in [0, 0.05) is 32.2 Å². The van der Waals surface area contributed by atoms with Crippen molar-refractivity contribution in [1.29, 1.82) is 0 Å². The molecule has 0 fully saturated rings. The van der Waals surface area contributed by atoms with Crippen molar-refractivity contribution in [3.05, 3.63) is 90.5 Å². The molecule has 6 aromatic carbocycles. The lowest BCUT2D eigenvalue weighted by Gasteiger charge is -2.14. The Hall–Kier alpha value is -5.24. The van der Waals surface area contributed by atoms with Crippen LogP contribution in [0.2, 0.25) is 0 Å². The van der Waals surface area contributed by atoms with Gasteiger partial charge in [-0.25, -0.2) is 0 Å². The van der Waals surface area contributed by atoms with Crippen LogP contribution >= 0.6 is 24.4 Å². The van der Waals surface area contributed by atoms with Crippen LogP contribution in [-0.4, -0.2) is 32.2 Å². The molecule has 266 valence electrons. The average Bonchev–Trinajstić information content (AvgIpc) is 3.10. The van der Waals surface area contributed by atoms with Crippen molar-refractivity contribution in [2.45, 2.75) is 20.4 Å². The van der Waals surface area contributed by atoms with E-state index in [0.29, 0.717) is 27.7 Å². The summed E-state index contributed by atoms with van der Waals surface area (Å²) in [5, 5.41) is 18.1. The van der Waals surface area contributed by atoms with Crippen LogP contribution in [0.15, 0.2) is 120 Å². The zero-order valence-electron chi connectivity index (χ0n) is 27.1. The molecule has 14 nitrogen and oxygen atoms in total. The van der Waals surface area contributed by atoms with Crippen LogP contribution in [0.5, 0.6) is 0 Å². The van der Waals surface area contributed by atoms with Gasteiger partial charge in [-0.15, -0.1) is 27.1 Å². The molecule has 0 bridgehead atoms. The number of hydrogen-bond acceptors (Lipinski definition) is 14. The molecule has 6 aromatic rings. The van der Waals surface area contributed by atoms with Crippen molar-refractivity contribution in [2.24, 2.45) is 20.5 Å². The van der Waals surface area contributed by atoms with Gasteiger partial charge in [-0.1, -0.05) is 60.7 Å². The SMILES string of the molecule is CSc1cc(-c2ccc(N=Nc3c(N)c(S(=O)(=O)O)c4ccccc4c3N)c(CS)c2)ccc1N=Nc1c(N)c(S(=O)(=O)O)c2ccccc2c1N. The number of thioether (sulfide) groups is 1. The number of nitrogens with two attached hydrogens (primary N) is 4. The molecule has 0 amide bonds. The zero-order chi connectivity index (χ0) is 37.5. The zero-order valence-corrected chi connectivity index (χ0v) is 30.4. The molecule has 6 rings (SSSR count). The lowest BCUT2D eigenvalue weighted by atomic mass is 10.0. The molecular formula is C34H30N8O6S4. The molecule has 0 heterocycles. The Labute approximate surface area is 307 Å². The van der Waals surface area contributed by atoms with Crippen LogP contribution in [0.3, 0.4) is 0 Å². The summed E-state index contributed by atoms with van der Waals surface area (Å²) in [6.07, 6.45) is 1.85. The van der Waals surface area contributed by atoms with Crippen molar-refractivity contribution in [3.8, 4) is 11.1 Å². The highest BCUT2D eigenvalue weighted by molar-refractivity contribution is 7.98. The quantitative estimate of drug-likeness (QED) is 0.0241. The van der Waals surface area contributed by atoms with Crippen LogP contribution in [-0.2, 0) is 26.0 Å². The minimum Gasteiger partial charge on any atom is -0.396 e. The fourth-order valence-electron chi connectivity index (χ4n) is 5.79. The van der Waals surface area contributed by atoms with Crippen LogP contribution in [0.4, 0.5) is 45.5 Å². The Morgan fingerprint density at radius 3 is 1.46 bits per heavy atom. The van der Waals surface area contributed by atoms with Crippen molar-refractivity contribution in [3.63, 3.8) is 0 Å². The van der Waals surface area contributed by atoms with E-state index in [0.717, 1.165) is 16.0 Å². The number of thiol groups is 1. The first-order valence-corrected chi connectivity index (χ1v) is 19.8. The van der Waals surface area contributed by atoms with Gasteiger partial charge in [0.1, 0.15) is 21.2 Å². The van der Waals surface area contributed by atoms with E-state index in [4.69, 9.17) is 22.9 Å². The molecule has 0 saturated carbocycles. The molecule has 0 unspecified atom stereocenters. The van der Waals surface area contributed by atoms with E-state index in [9.17, 15) is 25.9 Å². The van der Waals surface area contributed by atoms with Crippen LogP contribution < -0.4 is 22.9 Å². The summed E-state index contributed by atoms with van der Waals surface area (Å²) in [6, 6.07) is 23.5. The third-order valence-electron chi connectivity index (χ3n) is 8.23. The largest absolute Gasteiger partial charge is 0.396 e. The maximum atomic E-state index is 12.3. The first-order chi connectivity index (χ1) is 24.6. The highest BCUT2D eigenvalue weighted by atomic mass is 32.2. The monoisotopic (exact) mass is 774 g/mol. The fraction of sp³-hybridized carbons (Fsp3) is 0.0588. The van der Waals surface area contributed by atoms with Gasteiger partial charge in [-0.2, -0.15) is 34.6 Å². The lowest BCUT2D eigenvalue weighted by molar-refractivity contribution is 0.482. The summed E-state index contributed by atoms with van der Waals surface area (Å²) < 4.78 is 68.9. The van der Waals surface area contributed by atoms with Crippen LogP contribution in [0, 0.1) is 0 Å². The van der Waals surface area contributed by atoms with E-state index in [1.165, 1.54) is 23.9 Å². The maximum absolute atomic E-state index is 12.3. The molecule has 0 radical (unpaired) electrons. The Morgan fingerprint density at radius 2 is 1.02 bits per heavy atom. The third kappa shape index (κ3) is 6.74. The number of nitrogens with zero attached hydrogens (tertiary/aromatic N) is 4. The number of fused-ring (bicyclic) bond motifs is 2. The second-order valence-corrected chi connectivity index (χ2v) is 15.2. The number of benzene rings is 6. The Kier molecular flexibility index (Phi) is 9.88. The molecule has 0 aromatic heterocycles. The van der Waals surface area contributed by atoms with Gasteiger partial charge < -0.3 is 22.9 Å². The number of azo groups is 2. The predicted octanol–water partition coefficient (Wildman–Crippen LogP) is 8.46. The molecule has 0 aliphatic carbocycles. The van der Waals surface area contributed by atoms with E-state index in [1.807, 2.05) is 30.5 Å². The van der Waals surface area contributed by atoms with Crippen molar-refractivity contribution in [2.75, 3.05) is 29.2 Å². The molecule has 0 aliphatic heterocycles. The standard InChI is InChI=1S/C34H30N8O6S4/c1-50-26-15-18(11-13-25(26)40-42-32-28(36)21-7-3-5-9-23(21)34(30(32)38)52(46,47)48)17-10-12-24(19(14-17)16-49)39-41-31-27(35)20-6-2-4-8-22(20)33(29(31)37)51(43,44)45/h2-15,49H,16,35-38H2,1H3,(H,43,44,45)(H,46,47,48). The summed E-state index contributed by atoms with van der Waals surface area (Å²) in [7, 11) is -9.45. The minimum atomic E-state index is -4.73. The Morgan fingerprint density at radius 1 is 0.596 bits per heavy atom. The highest BCUT2D eigenvalue weighted by Gasteiger charge is 2.25. The normalized spacial score (nSPS) is 12.5. The fourth-order valence-corrected chi connectivity index (χ4v) is 8.27. The Bertz CT molecular complexity index is 2540. The summed E-state index contributed by atoms with van der Waals surface area (Å²) in [5.74, 6) is 0.267. The number of anilines is 4. The van der Waals surface area contributed by atoms with Gasteiger partial charge in [0.25, 0.3) is 20.2 Å². The van der Waals surface area contributed by atoms with Crippen molar-refractivity contribution >= 4 is 112 Å². The smallest absolute Gasteiger partial charge is 0.297 e. The van der Waals surface area contributed by atoms with E-state index in [2.05, 4.69) is 33.1 Å². The van der Waals surface area contributed by atoms with E-state index < -0.39 is 30.0 Å². The first-order valence-electron chi connectivity index (χ1n) is 15.1. The summed E-state index contributed by atoms with van der Waals surface area (Å²) >= 11 is 5.87. The van der Waals surface area contributed by atoms with Gasteiger partial charge in [0.2, 0.25) is 0 Å². The lowest BCUT2D eigenvalue weighted by Crippen LogP contribution is -2.06. The third-order valence-corrected chi connectivity index (χ3v) is 11.2. The number of nitrogen functional groups attached to an aromatic ring is 4. The molecule has 0 atom stereocenters. The molecule has 18 heteroatoms. The topological polar surface area (TPSA) is 262 Å². The van der Waals surface area contributed by atoms with Crippen LogP contribution in [0.25, 0.3) is 32.7 Å². The van der Waals surface area contributed by atoms with E-state index >= 15 is 0 Å². The molecule has 52 heavy (non-hydrogen) atoms. The second-order valence-electron chi connectivity index (χ2n) is 11.3. The molecular weight excluding hydrogens is 745 g/mol. The average molecular weight is 775 g/mol. The van der Waals surface area contributed by atoms with E-state index in [1.54, 1.807) is 48.5 Å². The minimum absolute atomic E-state index is 0.0907.